The molecule has 124 valence electrons. The maximum atomic E-state index is 10.4. The van der Waals surface area contributed by atoms with Gasteiger partial charge >= 0.3 is 0 Å². The predicted octanol–water partition coefficient (Wildman–Crippen LogP) is 2.30. The number of H-pyrrole nitrogens is 1. The summed E-state index contributed by atoms with van der Waals surface area (Å²) >= 11 is 0. The Bertz CT molecular complexity index is 844. The third-order valence-electron chi connectivity index (χ3n) is 4.74. The van der Waals surface area contributed by atoms with Gasteiger partial charge in [-0.15, -0.1) is 0 Å². The number of para-hydroxylation sites is 1. The minimum atomic E-state index is -0.311. The number of rotatable bonds is 4. The van der Waals surface area contributed by atoms with Crippen LogP contribution in [0.1, 0.15) is 17.2 Å². The van der Waals surface area contributed by atoms with Crippen molar-refractivity contribution in [2.24, 2.45) is 5.92 Å². The monoisotopic (exact) mass is 322 g/mol. The number of aromatic nitrogens is 3. The highest BCUT2D eigenvalue weighted by molar-refractivity contribution is 5.78. The molecule has 0 radical (unpaired) electrons. The lowest BCUT2D eigenvalue weighted by Gasteiger charge is -2.14. The first-order valence-electron chi connectivity index (χ1n) is 8.43. The SMILES string of the molecule is Cc1cnc(CN2C[C@@H](Cc3ccc4ccccc4n3)[C@H](O)C2)[nH]1. The van der Waals surface area contributed by atoms with Gasteiger partial charge in [-0.3, -0.25) is 9.88 Å². The number of aryl methyl sites for hydroxylation is 1. The predicted molar refractivity (Wildman–Crippen MR) is 93.5 cm³/mol. The Balaban J connectivity index is 1.43. The van der Waals surface area contributed by atoms with Gasteiger partial charge in [0.1, 0.15) is 5.82 Å². The van der Waals surface area contributed by atoms with E-state index in [2.05, 4.69) is 33.1 Å². The summed E-state index contributed by atoms with van der Waals surface area (Å²) in [5, 5.41) is 11.6. The molecule has 1 saturated heterocycles. The van der Waals surface area contributed by atoms with Crippen LogP contribution in [0.2, 0.25) is 0 Å². The fourth-order valence-electron chi connectivity index (χ4n) is 3.52. The van der Waals surface area contributed by atoms with E-state index in [4.69, 9.17) is 4.98 Å². The van der Waals surface area contributed by atoms with Crippen LogP contribution in [0.15, 0.2) is 42.6 Å². The first kappa shape index (κ1) is 15.3. The molecule has 2 aromatic heterocycles. The number of benzene rings is 1. The van der Waals surface area contributed by atoms with Gasteiger partial charge in [-0.1, -0.05) is 24.3 Å². The number of hydrogen-bond acceptors (Lipinski definition) is 4. The third kappa shape index (κ3) is 3.18. The Hall–Kier alpha value is -2.24. The summed E-state index contributed by atoms with van der Waals surface area (Å²) < 4.78 is 0. The molecule has 5 nitrogen and oxygen atoms in total. The molecule has 5 heteroatoms. The lowest BCUT2D eigenvalue weighted by molar-refractivity contribution is 0.140. The van der Waals surface area contributed by atoms with Crippen LogP contribution in [0.4, 0.5) is 0 Å². The minimum absolute atomic E-state index is 0.217. The molecule has 1 aliphatic rings. The molecule has 0 unspecified atom stereocenters. The van der Waals surface area contributed by atoms with E-state index in [-0.39, 0.29) is 12.0 Å². The molecule has 0 aliphatic carbocycles. The molecule has 24 heavy (non-hydrogen) atoms. The van der Waals surface area contributed by atoms with E-state index in [1.54, 1.807) is 0 Å². The van der Waals surface area contributed by atoms with Crippen molar-refractivity contribution in [3.05, 3.63) is 59.8 Å². The van der Waals surface area contributed by atoms with Crippen molar-refractivity contribution in [2.45, 2.75) is 26.0 Å². The second-order valence-electron chi connectivity index (χ2n) is 6.73. The van der Waals surface area contributed by atoms with Crippen LogP contribution in [-0.2, 0) is 13.0 Å². The molecular weight excluding hydrogens is 300 g/mol. The van der Waals surface area contributed by atoms with Crippen LogP contribution >= 0.6 is 0 Å². The Morgan fingerprint density at radius 3 is 2.92 bits per heavy atom. The number of nitrogens with zero attached hydrogens (tertiary/aromatic N) is 3. The maximum absolute atomic E-state index is 10.4. The normalized spacial score (nSPS) is 21.6. The number of hydrogen-bond donors (Lipinski definition) is 2. The Morgan fingerprint density at radius 2 is 2.08 bits per heavy atom. The summed E-state index contributed by atoms with van der Waals surface area (Å²) in [6.45, 7) is 4.32. The molecule has 1 fully saturated rings. The van der Waals surface area contributed by atoms with Crippen LogP contribution in [0.5, 0.6) is 0 Å². The van der Waals surface area contributed by atoms with Gasteiger partial charge < -0.3 is 10.1 Å². The zero-order chi connectivity index (χ0) is 16.5. The van der Waals surface area contributed by atoms with Crippen molar-refractivity contribution >= 4 is 10.9 Å². The van der Waals surface area contributed by atoms with Gasteiger partial charge in [0.2, 0.25) is 0 Å². The zero-order valence-electron chi connectivity index (χ0n) is 13.8. The summed E-state index contributed by atoms with van der Waals surface area (Å²) in [7, 11) is 0. The molecule has 3 heterocycles. The highest BCUT2D eigenvalue weighted by atomic mass is 16.3. The van der Waals surface area contributed by atoms with Crippen LogP contribution in [0, 0.1) is 12.8 Å². The Kier molecular flexibility index (Phi) is 4.04. The molecule has 0 bridgehead atoms. The van der Waals surface area contributed by atoms with Crippen molar-refractivity contribution in [3.63, 3.8) is 0 Å². The quantitative estimate of drug-likeness (QED) is 0.773. The lowest BCUT2D eigenvalue weighted by Crippen LogP contribution is -2.22. The number of aromatic amines is 1. The molecule has 1 aromatic carbocycles. The van der Waals surface area contributed by atoms with Crippen LogP contribution < -0.4 is 0 Å². The van der Waals surface area contributed by atoms with Gasteiger partial charge in [0.05, 0.1) is 18.2 Å². The number of aliphatic hydroxyl groups excluding tert-OH is 1. The molecule has 1 aliphatic heterocycles. The van der Waals surface area contributed by atoms with E-state index in [0.717, 1.165) is 47.6 Å². The molecule has 2 N–H and O–H groups in total. The van der Waals surface area contributed by atoms with Gasteiger partial charge in [-0.05, 0) is 25.5 Å². The number of β-amino-alcohol motifs (C(OH)–C–C–N with tert-alkyl or cyclic N) is 1. The summed E-state index contributed by atoms with van der Waals surface area (Å²) in [5.41, 5.74) is 3.14. The molecule has 4 rings (SSSR count). The average molecular weight is 322 g/mol. The zero-order valence-corrected chi connectivity index (χ0v) is 13.8. The number of aliphatic hydroxyl groups is 1. The molecule has 0 amide bonds. The highest BCUT2D eigenvalue weighted by Crippen LogP contribution is 2.23. The molecule has 0 saturated carbocycles. The second kappa shape index (κ2) is 6.34. The minimum Gasteiger partial charge on any atom is -0.391 e. The van der Waals surface area contributed by atoms with Crippen molar-refractivity contribution in [3.8, 4) is 0 Å². The van der Waals surface area contributed by atoms with E-state index in [0.29, 0.717) is 6.54 Å². The summed E-state index contributed by atoms with van der Waals surface area (Å²) in [6, 6.07) is 12.3. The fraction of sp³-hybridized carbons (Fsp3) is 0.368. The molecular formula is C19H22N4O. The smallest absolute Gasteiger partial charge is 0.120 e. The fourth-order valence-corrected chi connectivity index (χ4v) is 3.52. The van der Waals surface area contributed by atoms with E-state index < -0.39 is 0 Å². The van der Waals surface area contributed by atoms with Crippen molar-refractivity contribution < 1.29 is 5.11 Å². The van der Waals surface area contributed by atoms with Crippen molar-refractivity contribution in [1.29, 1.82) is 0 Å². The number of nitrogens with one attached hydrogen (secondary N) is 1. The van der Waals surface area contributed by atoms with Gasteiger partial charge in [-0.2, -0.15) is 0 Å². The first-order chi connectivity index (χ1) is 11.7. The van der Waals surface area contributed by atoms with Crippen LogP contribution in [0.25, 0.3) is 10.9 Å². The number of imidazole rings is 1. The van der Waals surface area contributed by atoms with E-state index in [1.807, 2.05) is 31.3 Å². The van der Waals surface area contributed by atoms with Crippen molar-refractivity contribution in [1.82, 2.24) is 19.9 Å². The molecule has 3 aromatic rings. The Morgan fingerprint density at radius 1 is 1.21 bits per heavy atom. The van der Waals surface area contributed by atoms with Crippen LogP contribution in [-0.4, -0.2) is 44.2 Å². The molecule has 2 atom stereocenters. The highest BCUT2D eigenvalue weighted by Gasteiger charge is 2.31. The topological polar surface area (TPSA) is 65.0 Å². The number of likely N-dealkylation sites (tertiary alicyclic amines) is 1. The lowest BCUT2D eigenvalue weighted by atomic mass is 9.99. The summed E-state index contributed by atoms with van der Waals surface area (Å²) in [4.78, 5) is 14.6. The Labute approximate surface area is 141 Å². The standard InChI is InChI=1S/C19H22N4O/c1-13-9-20-19(21-13)12-23-10-15(18(24)11-23)8-16-7-6-14-4-2-3-5-17(14)22-16/h2-7,9,15,18,24H,8,10-12H2,1H3,(H,20,21)/t15-,18-/m1/s1. The molecule has 0 spiro atoms. The summed E-state index contributed by atoms with van der Waals surface area (Å²) in [5.74, 6) is 1.18. The number of pyridine rings is 1. The third-order valence-corrected chi connectivity index (χ3v) is 4.74. The largest absolute Gasteiger partial charge is 0.391 e. The summed E-state index contributed by atoms with van der Waals surface area (Å²) in [6.07, 6.45) is 2.34. The van der Waals surface area contributed by atoms with Gasteiger partial charge in [0, 0.05) is 42.0 Å². The van der Waals surface area contributed by atoms with Crippen LogP contribution in [0.3, 0.4) is 0 Å². The van der Waals surface area contributed by atoms with E-state index in [9.17, 15) is 5.11 Å². The average Bonchev–Trinajstić information content (AvgIpc) is 3.13. The maximum Gasteiger partial charge on any atom is 0.120 e. The van der Waals surface area contributed by atoms with Gasteiger partial charge in [0.25, 0.3) is 0 Å². The van der Waals surface area contributed by atoms with Gasteiger partial charge in [0.15, 0.2) is 0 Å². The van der Waals surface area contributed by atoms with E-state index in [1.165, 1.54) is 0 Å². The van der Waals surface area contributed by atoms with Crippen molar-refractivity contribution in [2.75, 3.05) is 13.1 Å². The second-order valence-corrected chi connectivity index (χ2v) is 6.73. The first-order valence-corrected chi connectivity index (χ1v) is 8.43. The number of fused-ring (bicyclic) bond motifs is 1. The van der Waals surface area contributed by atoms with Gasteiger partial charge in [-0.25, -0.2) is 4.98 Å². The van der Waals surface area contributed by atoms with E-state index >= 15 is 0 Å².